The molecule has 0 rings (SSSR count). The molecule has 0 saturated carbocycles. The molecule has 70 valence electrons. The summed E-state index contributed by atoms with van der Waals surface area (Å²) in [7, 11) is 5.92. The zero-order valence-electron chi connectivity index (χ0n) is 7.12. The van der Waals surface area contributed by atoms with E-state index in [-0.39, 0.29) is 12.4 Å². The summed E-state index contributed by atoms with van der Waals surface area (Å²) in [4.78, 5) is 0. The number of hydrogen-bond donors (Lipinski definition) is 2. The van der Waals surface area contributed by atoms with E-state index in [2.05, 4.69) is 0 Å². The van der Waals surface area contributed by atoms with Gasteiger partial charge in [0.25, 0.3) is 0 Å². The average Bonchev–Trinajstić information content (AvgIpc) is 1.60. The molecule has 0 aromatic rings. The van der Waals surface area contributed by atoms with E-state index < -0.39 is 11.6 Å². The van der Waals surface area contributed by atoms with Crippen LogP contribution in [0.2, 0.25) is 0 Å². The zero-order valence-corrected chi connectivity index (χ0v) is 8.69. The van der Waals surface area contributed by atoms with Gasteiger partial charge in [-0.2, -0.15) is 0 Å². The third kappa shape index (κ3) is 8.37. The Bertz CT molecular complexity index is 103. The molecule has 0 aromatic carbocycles. The summed E-state index contributed by atoms with van der Waals surface area (Å²) in [6.07, 6.45) is -0.623. The normalized spacial score (nSPS) is 16.9. The number of quaternary nitrogens is 1. The largest absolute Gasteiger partial charge is 0.384 e. The lowest BCUT2D eigenvalue weighted by Gasteiger charge is -2.27. The molecule has 0 saturated heterocycles. The van der Waals surface area contributed by atoms with Crippen LogP contribution in [0, 0.1) is 0 Å². The van der Waals surface area contributed by atoms with Gasteiger partial charge in [-0.25, -0.2) is 0 Å². The molecule has 0 heterocycles. The lowest BCUT2D eigenvalue weighted by Crippen LogP contribution is -2.46. The Morgan fingerprint density at radius 3 is 1.91 bits per heavy atom. The summed E-state index contributed by atoms with van der Waals surface area (Å²) in [6, 6.07) is 0. The van der Waals surface area contributed by atoms with Crippen LogP contribution >= 0.6 is 24.0 Å². The SMILES string of the molecule is C[N+](C)(C)CC(O)C(N)Cl.Cl. The number of aliphatic hydroxyl groups excluding tert-OH is 1. The van der Waals surface area contributed by atoms with Crippen LogP contribution in [0.25, 0.3) is 0 Å². The van der Waals surface area contributed by atoms with Gasteiger partial charge in [-0.05, 0) is 0 Å². The van der Waals surface area contributed by atoms with Gasteiger partial charge < -0.3 is 15.3 Å². The third-order valence-electron chi connectivity index (χ3n) is 1.10. The number of nitrogens with two attached hydrogens (primary N) is 1. The fourth-order valence-corrected chi connectivity index (χ4v) is 0.742. The van der Waals surface area contributed by atoms with Gasteiger partial charge in [-0.3, -0.25) is 0 Å². The van der Waals surface area contributed by atoms with Crippen molar-refractivity contribution in [3.05, 3.63) is 0 Å². The van der Waals surface area contributed by atoms with E-state index in [0.717, 1.165) is 0 Å². The molecule has 0 aliphatic rings. The van der Waals surface area contributed by atoms with Crippen LogP contribution in [-0.4, -0.2) is 48.9 Å². The second-order valence-corrected chi connectivity index (χ2v) is 3.99. The molecule has 0 aromatic heterocycles. The highest BCUT2D eigenvalue weighted by atomic mass is 35.5. The number of nitrogens with zero attached hydrogens (tertiary/aromatic N) is 1. The molecular weight excluding hydrogens is 187 g/mol. The second kappa shape index (κ2) is 5.17. The molecule has 0 amide bonds. The lowest BCUT2D eigenvalue weighted by atomic mass is 10.3. The lowest BCUT2D eigenvalue weighted by molar-refractivity contribution is -0.873. The van der Waals surface area contributed by atoms with Crippen LogP contribution in [0.15, 0.2) is 0 Å². The zero-order chi connectivity index (χ0) is 8.36. The summed E-state index contributed by atoms with van der Waals surface area (Å²) in [5.74, 6) is 0. The van der Waals surface area contributed by atoms with E-state index in [0.29, 0.717) is 11.0 Å². The predicted octanol–water partition coefficient (Wildman–Crippen LogP) is -0.00110. The average molecular weight is 204 g/mol. The molecule has 3 N–H and O–H groups in total. The molecular formula is C6H17Cl2N2O+. The maximum Gasteiger partial charge on any atom is 0.132 e. The Morgan fingerprint density at radius 2 is 1.82 bits per heavy atom. The molecule has 3 nitrogen and oxygen atoms in total. The maximum atomic E-state index is 9.19. The number of rotatable bonds is 3. The predicted molar refractivity (Wildman–Crippen MR) is 50.0 cm³/mol. The van der Waals surface area contributed by atoms with Gasteiger partial charge >= 0.3 is 0 Å². The Balaban J connectivity index is 0. The molecule has 0 aliphatic heterocycles. The van der Waals surface area contributed by atoms with Gasteiger partial charge in [0, 0.05) is 0 Å². The molecule has 2 unspecified atom stereocenters. The highest BCUT2D eigenvalue weighted by molar-refractivity contribution is 6.20. The molecule has 0 radical (unpaired) electrons. The first-order valence-corrected chi connectivity index (χ1v) is 3.65. The van der Waals surface area contributed by atoms with Gasteiger partial charge in [0.2, 0.25) is 0 Å². The number of halogens is 2. The van der Waals surface area contributed by atoms with Crippen LogP contribution in [0.5, 0.6) is 0 Å². The summed E-state index contributed by atoms with van der Waals surface area (Å²) >= 11 is 5.45. The molecule has 5 heteroatoms. The van der Waals surface area contributed by atoms with E-state index >= 15 is 0 Å². The van der Waals surface area contributed by atoms with Crippen LogP contribution in [0.4, 0.5) is 0 Å². The van der Waals surface area contributed by atoms with E-state index in [1.807, 2.05) is 21.1 Å². The van der Waals surface area contributed by atoms with Crippen molar-refractivity contribution >= 4 is 24.0 Å². The van der Waals surface area contributed by atoms with Crippen molar-refractivity contribution in [3.63, 3.8) is 0 Å². The van der Waals surface area contributed by atoms with Crippen LogP contribution in [0.3, 0.4) is 0 Å². The maximum absolute atomic E-state index is 9.19. The minimum atomic E-state index is -0.655. The van der Waals surface area contributed by atoms with Gasteiger partial charge in [0.1, 0.15) is 18.1 Å². The molecule has 2 atom stereocenters. The van der Waals surface area contributed by atoms with Gasteiger partial charge in [-0.15, -0.1) is 24.0 Å². The monoisotopic (exact) mass is 203 g/mol. The number of alkyl halides is 1. The highest BCUT2D eigenvalue weighted by Gasteiger charge is 2.19. The van der Waals surface area contributed by atoms with E-state index in [4.69, 9.17) is 17.3 Å². The van der Waals surface area contributed by atoms with Crippen molar-refractivity contribution in [2.45, 2.75) is 11.6 Å². The number of likely N-dealkylation sites (N-methyl/N-ethyl adjacent to an activating group) is 1. The second-order valence-electron chi connectivity index (χ2n) is 3.48. The molecule has 11 heavy (non-hydrogen) atoms. The fraction of sp³-hybridized carbons (Fsp3) is 1.00. The van der Waals surface area contributed by atoms with Crippen molar-refractivity contribution < 1.29 is 9.59 Å². The first-order chi connectivity index (χ1) is 4.33. The van der Waals surface area contributed by atoms with Crippen molar-refractivity contribution in [1.82, 2.24) is 0 Å². The first-order valence-electron chi connectivity index (χ1n) is 3.21. The third-order valence-corrected chi connectivity index (χ3v) is 1.39. The smallest absolute Gasteiger partial charge is 0.132 e. The van der Waals surface area contributed by atoms with Gasteiger partial charge in [0.15, 0.2) is 0 Å². The highest BCUT2D eigenvalue weighted by Crippen LogP contribution is 2.00. The quantitative estimate of drug-likeness (QED) is 0.386. The minimum Gasteiger partial charge on any atom is -0.384 e. The Labute approximate surface area is 79.1 Å². The fourth-order valence-electron chi connectivity index (χ4n) is 0.662. The Hall–Kier alpha value is 0.460. The van der Waals surface area contributed by atoms with E-state index in [1.165, 1.54) is 0 Å². The van der Waals surface area contributed by atoms with Crippen LogP contribution < -0.4 is 5.73 Å². The minimum absolute atomic E-state index is 0. The van der Waals surface area contributed by atoms with Crippen molar-refractivity contribution in [2.75, 3.05) is 27.7 Å². The summed E-state index contributed by atoms with van der Waals surface area (Å²) in [5, 5.41) is 9.19. The van der Waals surface area contributed by atoms with E-state index in [9.17, 15) is 5.11 Å². The van der Waals surface area contributed by atoms with Crippen molar-refractivity contribution in [1.29, 1.82) is 0 Å². The standard InChI is InChI=1S/C6H16ClN2O.ClH/c1-9(2,3)4-5(10)6(7)8;/h5-6,10H,4,8H2,1-3H3;1H/q+1;. The van der Waals surface area contributed by atoms with Crippen molar-refractivity contribution in [3.8, 4) is 0 Å². The van der Waals surface area contributed by atoms with Crippen LogP contribution in [0.1, 0.15) is 0 Å². The Kier molecular flexibility index (Phi) is 6.58. The van der Waals surface area contributed by atoms with Crippen molar-refractivity contribution in [2.24, 2.45) is 5.73 Å². The van der Waals surface area contributed by atoms with E-state index in [1.54, 1.807) is 0 Å². The molecule has 0 spiro atoms. The Morgan fingerprint density at radius 1 is 1.45 bits per heavy atom. The summed E-state index contributed by atoms with van der Waals surface area (Å²) < 4.78 is 0.668. The summed E-state index contributed by atoms with van der Waals surface area (Å²) in [5.41, 5.74) is 4.59. The van der Waals surface area contributed by atoms with Gasteiger partial charge in [-0.1, -0.05) is 0 Å². The number of hydrogen-bond acceptors (Lipinski definition) is 2. The molecule has 0 fully saturated rings. The van der Waals surface area contributed by atoms with Crippen LogP contribution in [-0.2, 0) is 0 Å². The summed E-state index contributed by atoms with van der Waals surface area (Å²) in [6.45, 7) is 0.574. The molecule has 0 aliphatic carbocycles. The number of aliphatic hydroxyl groups is 1. The topological polar surface area (TPSA) is 46.2 Å². The van der Waals surface area contributed by atoms with Gasteiger partial charge in [0.05, 0.1) is 21.1 Å². The first kappa shape index (κ1) is 14.0. The molecule has 0 bridgehead atoms.